The van der Waals surface area contributed by atoms with Gasteiger partial charge in [0.25, 0.3) is 0 Å². The Balaban J connectivity index is 1.67. The van der Waals surface area contributed by atoms with Gasteiger partial charge in [-0.25, -0.2) is 8.98 Å². The molecule has 12 nitrogen and oxygen atoms in total. The van der Waals surface area contributed by atoms with Crippen molar-refractivity contribution in [1.82, 2.24) is 0 Å². The van der Waals surface area contributed by atoms with E-state index in [0.717, 1.165) is 0 Å². The molecule has 1 fully saturated rings. The molecule has 2 heterocycles. The predicted octanol–water partition coefficient (Wildman–Crippen LogP) is 0.380. The number of hydrogen-bond acceptors (Lipinski definition) is 11. The molecule has 0 amide bonds. The van der Waals surface area contributed by atoms with Crippen LogP contribution in [-0.2, 0) is 29.4 Å². The van der Waals surface area contributed by atoms with Gasteiger partial charge in [0.1, 0.15) is 40.5 Å². The molecule has 0 saturated carbocycles. The smallest absolute Gasteiger partial charge is 0.335 e. The number of carboxylic acid groups (broad SMARTS) is 1. The number of aromatic hydroxyl groups is 2. The molecule has 2 aliphatic rings. The Morgan fingerprint density at radius 3 is 1.89 bits per heavy atom. The first kappa shape index (κ1) is 25.9. The van der Waals surface area contributed by atoms with Crippen LogP contribution in [0.3, 0.4) is 0 Å². The van der Waals surface area contributed by atoms with Crippen molar-refractivity contribution >= 4 is 16.1 Å². The molecule has 6 N–H and O–H groups in total. The van der Waals surface area contributed by atoms with Gasteiger partial charge in [0.15, 0.2) is 11.7 Å². The second kappa shape index (κ2) is 9.23. The highest BCUT2D eigenvalue weighted by molar-refractivity contribution is 7.87. The van der Waals surface area contributed by atoms with Gasteiger partial charge in [-0.1, -0.05) is 36.4 Å². The van der Waals surface area contributed by atoms with E-state index >= 15 is 0 Å². The molecule has 0 aromatic heterocycles. The molecule has 0 unspecified atom stereocenters. The lowest BCUT2D eigenvalue weighted by molar-refractivity contribution is -0.271. The van der Waals surface area contributed by atoms with Gasteiger partial charge in [0, 0.05) is 5.56 Å². The average molecular weight is 547 g/mol. The summed E-state index contributed by atoms with van der Waals surface area (Å²) >= 11 is 0. The number of phenols is 2. The third kappa shape index (κ3) is 4.05. The lowest BCUT2D eigenvalue weighted by atomic mass is 9.80. The molecule has 0 spiro atoms. The molecule has 0 bridgehead atoms. The summed E-state index contributed by atoms with van der Waals surface area (Å²) in [6.07, 6.45) is -9.69. The zero-order chi connectivity index (χ0) is 27.4. The van der Waals surface area contributed by atoms with E-state index < -0.39 is 57.3 Å². The van der Waals surface area contributed by atoms with Gasteiger partial charge >= 0.3 is 16.1 Å². The van der Waals surface area contributed by atoms with Crippen LogP contribution in [0.5, 0.6) is 17.2 Å². The Morgan fingerprint density at radius 1 is 0.816 bits per heavy atom. The number of fused-ring (bicyclic) bond motifs is 1. The van der Waals surface area contributed by atoms with Crippen molar-refractivity contribution in [3.8, 4) is 17.2 Å². The normalized spacial score (nSPS) is 27.4. The minimum atomic E-state index is -4.60. The Labute approximate surface area is 215 Å². The Bertz CT molecular complexity index is 1420. The minimum absolute atomic E-state index is 0.0760. The number of rotatable bonds is 5. The Kier molecular flexibility index (Phi) is 6.30. The second-order valence-corrected chi connectivity index (χ2v) is 10.3. The summed E-state index contributed by atoms with van der Waals surface area (Å²) < 4.78 is 43.5. The number of ether oxygens (including phenoxy) is 2. The van der Waals surface area contributed by atoms with Crippen molar-refractivity contribution < 1.29 is 57.5 Å². The van der Waals surface area contributed by atoms with E-state index in [1.807, 2.05) is 0 Å². The highest BCUT2D eigenvalue weighted by atomic mass is 32.2. The zero-order valence-corrected chi connectivity index (χ0v) is 20.1. The maximum Gasteiger partial charge on any atom is 0.335 e. The molecule has 3 aromatic carbocycles. The number of carbonyl (C=O) groups is 1. The van der Waals surface area contributed by atoms with Crippen LogP contribution in [0.15, 0.2) is 71.6 Å². The summed E-state index contributed by atoms with van der Waals surface area (Å²) in [4.78, 5) is 11.0. The van der Waals surface area contributed by atoms with Crippen molar-refractivity contribution in [2.45, 2.75) is 41.2 Å². The Hall–Kier alpha value is -3.72. The first-order valence-electron chi connectivity index (χ1n) is 11.2. The molecule has 1 saturated heterocycles. The summed E-state index contributed by atoms with van der Waals surface area (Å²) in [6.45, 7) is 0. The number of hydrogen-bond donors (Lipinski definition) is 6. The quantitative estimate of drug-likeness (QED) is 0.241. The molecule has 5 atom stereocenters. The predicted molar refractivity (Wildman–Crippen MR) is 126 cm³/mol. The van der Waals surface area contributed by atoms with Gasteiger partial charge in [-0.15, -0.1) is 0 Å². The monoisotopic (exact) mass is 546 g/mol. The first-order chi connectivity index (χ1) is 18.0. The summed E-state index contributed by atoms with van der Waals surface area (Å²) in [5.74, 6) is -2.17. The van der Waals surface area contributed by atoms with Gasteiger partial charge in [-0.3, -0.25) is 0 Å². The zero-order valence-electron chi connectivity index (χ0n) is 19.3. The van der Waals surface area contributed by atoms with Crippen LogP contribution < -0.4 is 4.74 Å². The minimum Gasteiger partial charge on any atom is -0.508 e. The van der Waals surface area contributed by atoms with Crippen LogP contribution >= 0.6 is 0 Å². The van der Waals surface area contributed by atoms with E-state index in [4.69, 9.17) is 13.7 Å². The van der Waals surface area contributed by atoms with Crippen molar-refractivity contribution in [3.63, 3.8) is 0 Å². The number of aliphatic hydroxyl groups is 3. The summed E-state index contributed by atoms with van der Waals surface area (Å²) in [5.41, 5.74) is -1.11. The van der Waals surface area contributed by atoms with E-state index in [0.29, 0.717) is 11.1 Å². The van der Waals surface area contributed by atoms with Gasteiger partial charge in [0.2, 0.25) is 6.29 Å². The van der Waals surface area contributed by atoms with Crippen molar-refractivity contribution in [2.75, 3.05) is 0 Å². The fourth-order valence-electron chi connectivity index (χ4n) is 4.64. The third-order valence-electron chi connectivity index (χ3n) is 6.45. The lowest BCUT2D eigenvalue weighted by Crippen LogP contribution is -2.61. The van der Waals surface area contributed by atoms with Crippen LogP contribution in [0.2, 0.25) is 0 Å². The maximum atomic E-state index is 13.5. The highest BCUT2D eigenvalue weighted by Crippen LogP contribution is 2.53. The first-order valence-corrected chi connectivity index (χ1v) is 12.6. The van der Waals surface area contributed by atoms with E-state index in [9.17, 15) is 43.9 Å². The van der Waals surface area contributed by atoms with Gasteiger partial charge in [-0.05, 0) is 41.5 Å². The molecular weight excluding hydrogens is 524 g/mol. The SMILES string of the molecule is O=C(O)[C@H]1O[C@@H](Oc2cccc3c2S(=O)(=O)OC3(c2ccc(O)cc2)c2ccc(O)cc2)[C@H](O)[C@@H](O)[C@@H]1O. The summed E-state index contributed by atoms with van der Waals surface area (Å²) in [6, 6.07) is 15.3. The van der Waals surface area contributed by atoms with Crippen LogP contribution in [0.4, 0.5) is 0 Å². The van der Waals surface area contributed by atoms with E-state index in [1.54, 1.807) is 0 Å². The van der Waals surface area contributed by atoms with E-state index in [2.05, 4.69) is 0 Å². The fourth-order valence-corrected chi connectivity index (χ4v) is 6.17. The summed E-state index contributed by atoms with van der Waals surface area (Å²) in [5, 5.41) is 59.4. The number of carboxylic acids is 1. The molecule has 0 radical (unpaired) electrons. The van der Waals surface area contributed by atoms with E-state index in [-0.39, 0.29) is 22.8 Å². The molecule has 38 heavy (non-hydrogen) atoms. The van der Waals surface area contributed by atoms with Crippen LogP contribution in [-0.4, -0.2) is 75.7 Å². The Morgan fingerprint density at radius 2 is 1.37 bits per heavy atom. The number of phenolic OH excluding ortho intramolecular Hbond substituents is 2. The number of aliphatic carboxylic acids is 1. The van der Waals surface area contributed by atoms with Crippen molar-refractivity contribution in [1.29, 1.82) is 0 Å². The molecule has 3 aromatic rings. The molecule has 13 heteroatoms. The van der Waals surface area contributed by atoms with E-state index in [1.165, 1.54) is 66.7 Å². The standard InChI is InChI=1S/C25H22O12S/c26-14-8-4-12(5-9-14)25(13-6-10-15(27)11-7-13)16-2-1-3-17(22(16)38(33,34)37-25)35-24-20(30)18(28)19(29)21(36-24)23(31)32/h1-11,18-21,24,26-30H,(H,31,32)/t18-,19-,20+,21-,24+/m0/s1. The molecule has 5 rings (SSSR count). The van der Waals surface area contributed by atoms with Crippen molar-refractivity contribution in [3.05, 3.63) is 83.4 Å². The van der Waals surface area contributed by atoms with Crippen LogP contribution in [0.1, 0.15) is 16.7 Å². The third-order valence-corrected chi connectivity index (χ3v) is 7.84. The van der Waals surface area contributed by atoms with Gasteiger partial charge < -0.3 is 40.1 Å². The highest BCUT2D eigenvalue weighted by Gasteiger charge is 2.54. The maximum absolute atomic E-state index is 13.5. The van der Waals surface area contributed by atoms with Crippen molar-refractivity contribution in [2.24, 2.45) is 0 Å². The molecule has 0 aliphatic carbocycles. The fraction of sp³-hybridized carbons (Fsp3) is 0.240. The second-order valence-electron chi connectivity index (χ2n) is 8.80. The summed E-state index contributed by atoms with van der Waals surface area (Å²) in [7, 11) is -4.60. The van der Waals surface area contributed by atoms with Crippen LogP contribution in [0, 0.1) is 0 Å². The number of benzene rings is 3. The largest absolute Gasteiger partial charge is 0.508 e. The lowest BCUT2D eigenvalue weighted by Gasteiger charge is -2.38. The molecular formula is C25H22O12S. The molecule has 200 valence electrons. The van der Waals surface area contributed by atoms with Gasteiger partial charge in [0.05, 0.1) is 0 Å². The topological polar surface area (TPSA) is 200 Å². The number of aliphatic hydroxyl groups excluding tert-OH is 3. The van der Waals surface area contributed by atoms with Gasteiger partial charge in [-0.2, -0.15) is 8.42 Å². The average Bonchev–Trinajstić information content (AvgIpc) is 3.13. The molecule has 2 aliphatic heterocycles. The van der Waals surface area contributed by atoms with Crippen LogP contribution in [0.25, 0.3) is 0 Å².